The second-order valence-corrected chi connectivity index (χ2v) is 5.72. The van der Waals surface area contributed by atoms with Crippen LogP contribution in [0.25, 0.3) is 0 Å². The highest BCUT2D eigenvalue weighted by atomic mass is 16.6. The van der Waals surface area contributed by atoms with Crippen molar-refractivity contribution >= 4 is 6.09 Å². The fourth-order valence-corrected chi connectivity index (χ4v) is 3.42. The van der Waals surface area contributed by atoms with E-state index in [1.807, 2.05) is 35.2 Å². The number of amides is 1. The fraction of sp³-hybridized carbons (Fsp3) is 0.562. The number of benzene rings is 1. The van der Waals surface area contributed by atoms with E-state index in [2.05, 4.69) is 0 Å². The molecule has 19 heavy (non-hydrogen) atoms. The van der Waals surface area contributed by atoms with Gasteiger partial charge in [0.15, 0.2) is 0 Å². The van der Waals surface area contributed by atoms with Crippen molar-refractivity contribution in [3.8, 4) is 5.75 Å². The quantitative estimate of drug-likeness (QED) is 0.769. The average Bonchev–Trinajstić information content (AvgIpc) is 2.48. The van der Waals surface area contributed by atoms with Crippen LogP contribution in [0.5, 0.6) is 5.75 Å². The Kier molecular flexibility index (Phi) is 3.72. The molecule has 0 bridgehead atoms. The van der Waals surface area contributed by atoms with E-state index in [1.165, 1.54) is 25.7 Å². The van der Waals surface area contributed by atoms with E-state index in [-0.39, 0.29) is 6.09 Å². The maximum atomic E-state index is 12.1. The average molecular weight is 259 g/mol. The molecule has 0 aromatic heterocycles. The first-order valence-corrected chi connectivity index (χ1v) is 7.35. The summed E-state index contributed by atoms with van der Waals surface area (Å²) in [5, 5.41) is 0. The summed E-state index contributed by atoms with van der Waals surface area (Å²) in [5.41, 5.74) is 0. The Bertz CT molecular complexity index is 432. The predicted octanol–water partition coefficient (Wildman–Crippen LogP) is 3.70. The van der Waals surface area contributed by atoms with E-state index >= 15 is 0 Å². The summed E-state index contributed by atoms with van der Waals surface area (Å²) in [6.45, 7) is 1.74. The number of para-hydroxylation sites is 1. The lowest BCUT2D eigenvalue weighted by molar-refractivity contribution is 0.0814. The smallest absolute Gasteiger partial charge is 0.410 e. The summed E-state index contributed by atoms with van der Waals surface area (Å²) in [6, 6.07) is 9.34. The van der Waals surface area contributed by atoms with Gasteiger partial charge in [-0.1, -0.05) is 37.5 Å². The molecule has 1 aliphatic heterocycles. The van der Waals surface area contributed by atoms with Crippen LogP contribution >= 0.6 is 0 Å². The number of rotatable bonds is 1. The van der Waals surface area contributed by atoms with Crippen molar-refractivity contribution in [2.45, 2.75) is 32.1 Å². The number of fused-ring (bicyclic) bond motifs is 1. The minimum absolute atomic E-state index is 0.185. The van der Waals surface area contributed by atoms with E-state index in [1.54, 1.807) is 0 Å². The zero-order valence-corrected chi connectivity index (χ0v) is 11.3. The van der Waals surface area contributed by atoms with Crippen LogP contribution in [0.3, 0.4) is 0 Å². The largest absolute Gasteiger partial charge is 0.415 e. The predicted molar refractivity (Wildman–Crippen MR) is 74.1 cm³/mol. The van der Waals surface area contributed by atoms with Gasteiger partial charge in [0.1, 0.15) is 5.75 Å². The Morgan fingerprint density at radius 1 is 1.05 bits per heavy atom. The minimum atomic E-state index is -0.185. The van der Waals surface area contributed by atoms with Gasteiger partial charge in [-0.15, -0.1) is 0 Å². The van der Waals surface area contributed by atoms with Crippen LogP contribution < -0.4 is 4.74 Å². The van der Waals surface area contributed by atoms with Crippen molar-refractivity contribution in [3.05, 3.63) is 30.3 Å². The second-order valence-electron chi connectivity index (χ2n) is 5.72. The van der Waals surface area contributed by atoms with Crippen molar-refractivity contribution in [1.82, 2.24) is 4.90 Å². The number of nitrogens with zero attached hydrogens (tertiary/aromatic N) is 1. The van der Waals surface area contributed by atoms with Crippen molar-refractivity contribution in [3.63, 3.8) is 0 Å². The molecule has 1 heterocycles. The lowest BCUT2D eigenvalue weighted by atomic mass is 9.75. The molecule has 0 radical (unpaired) electrons. The molecule has 1 saturated carbocycles. The van der Waals surface area contributed by atoms with Gasteiger partial charge in [0.05, 0.1) is 0 Å². The van der Waals surface area contributed by atoms with Gasteiger partial charge in [-0.3, -0.25) is 0 Å². The number of carbonyl (C=O) groups excluding carboxylic acids is 1. The molecule has 2 fully saturated rings. The highest BCUT2D eigenvalue weighted by molar-refractivity contribution is 5.70. The molecule has 1 aromatic rings. The highest BCUT2D eigenvalue weighted by Crippen LogP contribution is 2.36. The summed E-state index contributed by atoms with van der Waals surface area (Å²) < 4.78 is 5.42. The molecule has 0 N–H and O–H groups in total. The van der Waals surface area contributed by atoms with Gasteiger partial charge in [-0.2, -0.15) is 0 Å². The molecule has 3 rings (SSSR count). The number of carbonyl (C=O) groups is 1. The molecule has 0 spiro atoms. The molecule has 3 heteroatoms. The molecule has 3 nitrogen and oxygen atoms in total. The standard InChI is InChI=1S/C16H21NO2/c18-16(19-15-8-2-1-3-9-15)17-11-10-13-6-4-5-7-14(13)12-17/h1-3,8-9,13-14H,4-7,10-12H2. The zero-order valence-electron chi connectivity index (χ0n) is 11.3. The first-order chi connectivity index (χ1) is 9.33. The van der Waals surface area contributed by atoms with Crippen LogP contribution in [0, 0.1) is 11.8 Å². The molecule has 1 aromatic carbocycles. The van der Waals surface area contributed by atoms with Gasteiger partial charge in [-0.25, -0.2) is 4.79 Å². The van der Waals surface area contributed by atoms with E-state index < -0.39 is 0 Å². The normalized spacial score (nSPS) is 26.6. The Labute approximate surface area is 114 Å². The Balaban J connectivity index is 1.59. The van der Waals surface area contributed by atoms with Gasteiger partial charge < -0.3 is 9.64 Å². The third-order valence-electron chi connectivity index (χ3n) is 4.50. The Morgan fingerprint density at radius 3 is 2.58 bits per heavy atom. The summed E-state index contributed by atoms with van der Waals surface area (Å²) in [4.78, 5) is 14.0. The van der Waals surface area contributed by atoms with Gasteiger partial charge in [0, 0.05) is 13.1 Å². The maximum absolute atomic E-state index is 12.1. The molecular weight excluding hydrogens is 238 g/mol. The number of ether oxygens (including phenoxy) is 1. The number of piperidine rings is 1. The molecule has 2 aliphatic rings. The van der Waals surface area contributed by atoms with E-state index in [9.17, 15) is 4.79 Å². The third kappa shape index (κ3) is 2.91. The van der Waals surface area contributed by atoms with Crippen molar-refractivity contribution in [2.75, 3.05) is 13.1 Å². The van der Waals surface area contributed by atoms with Crippen molar-refractivity contribution < 1.29 is 9.53 Å². The van der Waals surface area contributed by atoms with Crippen molar-refractivity contribution in [2.24, 2.45) is 11.8 Å². The van der Waals surface area contributed by atoms with Gasteiger partial charge in [0.25, 0.3) is 0 Å². The summed E-state index contributed by atoms with van der Waals surface area (Å²) >= 11 is 0. The zero-order chi connectivity index (χ0) is 13.1. The molecule has 2 atom stereocenters. The van der Waals surface area contributed by atoms with Crippen LogP contribution in [0.4, 0.5) is 4.79 Å². The third-order valence-corrected chi connectivity index (χ3v) is 4.50. The minimum Gasteiger partial charge on any atom is -0.410 e. The lowest BCUT2D eigenvalue weighted by Gasteiger charge is -2.40. The van der Waals surface area contributed by atoms with Crippen molar-refractivity contribution in [1.29, 1.82) is 0 Å². The summed E-state index contributed by atoms with van der Waals surface area (Å²) in [5.74, 6) is 2.18. The van der Waals surface area contributed by atoms with Gasteiger partial charge in [-0.05, 0) is 36.8 Å². The molecule has 2 unspecified atom stereocenters. The lowest BCUT2D eigenvalue weighted by Crippen LogP contribution is -2.45. The molecule has 1 saturated heterocycles. The molecular formula is C16H21NO2. The summed E-state index contributed by atoms with van der Waals surface area (Å²) in [7, 11) is 0. The van der Waals surface area contributed by atoms with E-state index in [0.717, 1.165) is 25.4 Å². The van der Waals surface area contributed by atoms with E-state index in [0.29, 0.717) is 11.7 Å². The fourth-order valence-electron chi connectivity index (χ4n) is 3.42. The number of hydrogen-bond donors (Lipinski definition) is 0. The van der Waals surface area contributed by atoms with Crippen LogP contribution in [0.2, 0.25) is 0 Å². The first kappa shape index (κ1) is 12.5. The van der Waals surface area contributed by atoms with Gasteiger partial charge >= 0.3 is 6.09 Å². The molecule has 102 valence electrons. The number of likely N-dealkylation sites (tertiary alicyclic amines) is 1. The Hall–Kier alpha value is -1.51. The highest BCUT2D eigenvalue weighted by Gasteiger charge is 2.33. The van der Waals surface area contributed by atoms with Crippen LogP contribution in [-0.4, -0.2) is 24.1 Å². The topological polar surface area (TPSA) is 29.5 Å². The maximum Gasteiger partial charge on any atom is 0.415 e. The summed E-state index contributed by atoms with van der Waals surface area (Å²) in [6.07, 6.45) is 6.29. The first-order valence-electron chi connectivity index (χ1n) is 7.35. The van der Waals surface area contributed by atoms with Crippen LogP contribution in [-0.2, 0) is 0 Å². The molecule has 1 aliphatic carbocycles. The SMILES string of the molecule is O=C(Oc1ccccc1)N1CCC2CCCCC2C1. The van der Waals surface area contributed by atoms with E-state index in [4.69, 9.17) is 4.74 Å². The van der Waals surface area contributed by atoms with Crippen LogP contribution in [0.1, 0.15) is 32.1 Å². The molecule has 1 amide bonds. The van der Waals surface area contributed by atoms with Gasteiger partial charge in [0.2, 0.25) is 0 Å². The monoisotopic (exact) mass is 259 g/mol. The Morgan fingerprint density at radius 2 is 1.79 bits per heavy atom. The van der Waals surface area contributed by atoms with Crippen LogP contribution in [0.15, 0.2) is 30.3 Å². The number of hydrogen-bond acceptors (Lipinski definition) is 2. The second kappa shape index (κ2) is 5.64.